The molecule has 0 saturated carbocycles. The third-order valence-electron chi connectivity index (χ3n) is 4.72. The SMILES string of the molecule is CC(C)(C)OC(=O)N1C[C@@H](NC(=O)OCc2ccccc2)c2ccccc2[C@@H]1C(=O)O. The summed E-state index contributed by atoms with van der Waals surface area (Å²) in [6, 6.07) is 14.2. The van der Waals surface area contributed by atoms with Crippen molar-refractivity contribution >= 4 is 18.2 Å². The average Bonchev–Trinajstić information content (AvgIpc) is 2.71. The normalized spacial score (nSPS) is 18.0. The van der Waals surface area contributed by atoms with E-state index in [0.29, 0.717) is 11.1 Å². The molecule has 0 radical (unpaired) electrons. The largest absolute Gasteiger partial charge is 0.479 e. The van der Waals surface area contributed by atoms with Gasteiger partial charge in [0.1, 0.15) is 12.2 Å². The molecule has 2 N–H and O–H groups in total. The summed E-state index contributed by atoms with van der Waals surface area (Å²) in [6.07, 6.45) is -1.43. The van der Waals surface area contributed by atoms with Crippen LogP contribution in [-0.4, -0.2) is 40.3 Å². The lowest BCUT2D eigenvalue weighted by Gasteiger charge is -2.39. The van der Waals surface area contributed by atoms with Crippen LogP contribution in [0.25, 0.3) is 0 Å². The maximum absolute atomic E-state index is 12.8. The van der Waals surface area contributed by atoms with Gasteiger partial charge in [0.25, 0.3) is 0 Å². The second-order valence-corrected chi connectivity index (χ2v) is 8.26. The third-order valence-corrected chi connectivity index (χ3v) is 4.72. The number of hydrogen-bond donors (Lipinski definition) is 2. The van der Waals surface area contributed by atoms with E-state index in [2.05, 4.69) is 5.32 Å². The fraction of sp³-hybridized carbons (Fsp3) is 0.348. The lowest BCUT2D eigenvalue weighted by Crippen LogP contribution is -2.50. The van der Waals surface area contributed by atoms with Gasteiger partial charge >= 0.3 is 18.2 Å². The van der Waals surface area contributed by atoms with Crippen molar-refractivity contribution in [3.63, 3.8) is 0 Å². The van der Waals surface area contributed by atoms with Gasteiger partial charge in [-0.25, -0.2) is 14.4 Å². The molecule has 3 rings (SSSR count). The molecule has 8 heteroatoms. The van der Waals surface area contributed by atoms with Gasteiger partial charge in [0.2, 0.25) is 0 Å². The van der Waals surface area contributed by atoms with Crippen molar-refractivity contribution in [1.29, 1.82) is 0 Å². The molecule has 1 aliphatic heterocycles. The van der Waals surface area contributed by atoms with Crippen molar-refractivity contribution in [2.45, 2.75) is 45.1 Å². The Kier molecular flexibility index (Phi) is 6.48. The number of ether oxygens (including phenoxy) is 2. The Hall–Kier alpha value is -3.55. The second-order valence-electron chi connectivity index (χ2n) is 8.26. The average molecular weight is 426 g/mol. The van der Waals surface area contributed by atoms with Gasteiger partial charge < -0.3 is 19.9 Å². The van der Waals surface area contributed by atoms with Crippen LogP contribution in [0.4, 0.5) is 9.59 Å². The van der Waals surface area contributed by atoms with Gasteiger partial charge in [-0.3, -0.25) is 4.90 Å². The fourth-order valence-electron chi connectivity index (χ4n) is 3.44. The number of amides is 2. The predicted octanol–water partition coefficient (Wildman–Crippen LogP) is 4.03. The molecular weight excluding hydrogens is 400 g/mol. The van der Waals surface area contributed by atoms with Crippen LogP contribution in [0, 0.1) is 0 Å². The summed E-state index contributed by atoms with van der Waals surface area (Å²) in [6.45, 7) is 5.14. The number of hydrogen-bond acceptors (Lipinski definition) is 5. The molecule has 0 unspecified atom stereocenters. The van der Waals surface area contributed by atoms with Crippen LogP contribution >= 0.6 is 0 Å². The molecule has 2 aromatic carbocycles. The molecule has 31 heavy (non-hydrogen) atoms. The first-order valence-corrected chi connectivity index (χ1v) is 9.94. The van der Waals surface area contributed by atoms with Crippen LogP contribution < -0.4 is 5.32 Å². The molecule has 2 amide bonds. The van der Waals surface area contributed by atoms with E-state index >= 15 is 0 Å². The number of nitrogens with one attached hydrogen (secondary N) is 1. The fourth-order valence-corrected chi connectivity index (χ4v) is 3.44. The van der Waals surface area contributed by atoms with E-state index in [1.54, 1.807) is 45.0 Å². The van der Waals surface area contributed by atoms with E-state index in [9.17, 15) is 19.5 Å². The molecule has 8 nitrogen and oxygen atoms in total. The van der Waals surface area contributed by atoms with Crippen LogP contribution in [0.1, 0.15) is 49.5 Å². The van der Waals surface area contributed by atoms with Crippen molar-refractivity contribution in [1.82, 2.24) is 10.2 Å². The summed E-state index contributed by atoms with van der Waals surface area (Å²) in [7, 11) is 0. The molecule has 2 aromatic rings. The molecule has 0 fully saturated rings. The van der Waals surface area contributed by atoms with E-state index in [1.165, 1.54) is 0 Å². The highest BCUT2D eigenvalue weighted by Gasteiger charge is 2.42. The molecule has 0 saturated heterocycles. The number of carbonyl (C=O) groups is 3. The number of carbonyl (C=O) groups excluding carboxylic acids is 2. The Morgan fingerprint density at radius 1 is 1.03 bits per heavy atom. The van der Waals surface area contributed by atoms with Crippen molar-refractivity contribution in [2.24, 2.45) is 0 Å². The molecule has 0 spiro atoms. The van der Waals surface area contributed by atoms with E-state index in [-0.39, 0.29) is 13.2 Å². The lowest BCUT2D eigenvalue weighted by atomic mass is 9.89. The number of aliphatic carboxylic acids is 1. The first kappa shape index (κ1) is 22.1. The van der Waals surface area contributed by atoms with E-state index in [0.717, 1.165) is 10.5 Å². The zero-order chi connectivity index (χ0) is 22.6. The monoisotopic (exact) mass is 426 g/mol. The zero-order valence-electron chi connectivity index (χ0n) is 17.7. The lowest BCUT2D eigenvalue weighted by molar-refractivity contribution is -0.144. The minimum atomic E-state index is -1.22. The second kappa shape index (κ2) is 9.07. The van der Waals surface area contributed by atoms with Gasteiger partial charge in [-0.05, 0) is 37.5 Å². The molecule has 1 heterocycles. The van der Waals surface area contributed by atoms with Gasteiger partial charge in [-0.1, -0.05) is 54.6 Å². The Labute approximate surface area is 180 Å². The highest BCUT2D eigenvalue weighted by molar-refractivity contribution is 5.83. The maximum atomic E-state index is 12.8. The number of fused-ring (bicyclic) bond motifs is 1. The Bertz CT molecular complexity index is 954. The van der Waals surface area contributed by atoms with Crippen LogP contribution in [0.5, 0.6) is 0 Å². The van der Waals surface area contributed by atoms with Gasteiger partial charge in [0, 0.05) is 6.54 Å². The van der Waals surface area contributed by atoms with Crippen molar-refractivity contribution in [3.8, 4) is 0 Å². The minimum Gasteiger partial charge on any atom is -0.479 e. The van der Waals surface area contributed by atoms with Crippen LogP contribution in [-0.2, 0) is 20.9 Å². The number of carboxylic acids is 1. The van der Waals surface area contributed by atoms with Crippen LogP contribution in [0.2, 0.25) is 0 Å². The smallest absolute Gasteiger partial charge is 0.411 e. The summed E-state index contributed by atoms with van der Waals surface area (Å²) >= 11 is 0. The maximum Gasteiger partial charge on any atom is 0.411 e. The molecule has 164 valence electrons. The highest BCUT2D eigenvalue weighted by Crippen LogP contribution is 2.36. The van der Waals surface area contributed by atoms with Crippen molar-refractivity contribution in [3.05, 3.63) is 71.3 Å². The van der Waals surface area contributed by atoms with Gasteiger partial charge in [0.15, 0.2) is 6.04 Å². The topological polar surface area (TPSA) is 105 Å². The first-order chi connectivity index (χ1) is 14.7. The number of alkyl carbamates (subject to hydrolysis) is 1. The standard InChI is InChI=1S/C23H26N2O6/c1-23(2,3)31-22(29)25-13-18(16-11-7-8-12-17(16)19(25)20(26)27)24-21(28)30-14-15-9-5-4-6-10-15/h4-12,18-19H,13-14H2,1-3H3,(H,24,28)(H,26,27)/t18-,19-/m1/s1. The van der Waals surface area contributed by atoms with Crippen molar-refractivity contribution < 1.29 is 29.0 Å². The molecule has 1 aliphatic rings. The third kappa shape index (κ3) is 5.53. The van der Waals surface area contributed by atoms with Crippen LogP contribution in [0.3, 0.4) is 0 Å². The van der Waals surface area contributed by atoms with E-state index in [4.69, 9.17) is 9.47 Å². The van der Waals surface area contributed by atoms with Gasteiger partial charge in [-0.2, -0.15) is 0 Å². The van der Waals surface area contributed by atoms with E-state index < -0.39 is 35.8 Å². The summed E-state index contributed by atoms with van der Waals surface area (Å²) in [5, 5.41) is 12.6. The Morgan fingerprint density at radius 3 is 2.26 bits per heavy atom. The Balaban J connectivity index is 1.82. The summed E-state index contributed by atoms with van der Waals surface area (Å²) in [5.41, 5.74) is 1.07. The summed E-state index contributed by atoms with van der Waals surface area (Å²) in [5.74, 6) is -1.18. The predicted molar refractivity (Wildman–Crippen MR) is 112 cm³/mol. The van der Waals surface area contributed by atoms with Crippen LogP contribution in [0.15, 0.2) is 54.6 Å². The minimum absolute atomic E-state index is 0.0661. The number of carboxylic acid groups (broad SMARTS) is 1. The molecule has 0 aliphatic carbocycles. The number of benzene rings is 2. The number of nitrogens with zero attached hydrogens (tertiary/aromatic N) is 1. The highest BCUT2D eigenvalue weighted by atomic mass is 16.6. The zero-order valence-corrected chi connectivity index (χ0v) is 17.7. The van der Waals surface area contributed by atoms with Gasteiger partial charge in [0.05, 0.1) is 6.04 Å². The molecule has 0 aromatic heterocycles. The molecular formula is C23H26N2O6. The van der Waals surface area contributed by atoms with Crippen molar-refractivity contribution in [2.75, 3.05) is 6.54 Å². The molecule has 2 atom stereocenters. The Morgan fingerprint density at radius 2 is 1.65 bits per heavy atom. The molecule has 0 bridgehead atoms. The summed E-state index contributed by atoms with van der Waals surface area (Å²) < 4.78 is 10.7. The number of rotatable bonds is 4. The first-order valence-electron chi connectivity index (χ1n) is 9.94. The summed E-state index contributed by atoms with van der Waals surface area (Å²) in [4.78, 5) is 38.4. The quantitative estimate of drug-likeness (QED) is 0.765. The van der Waals surface area contributed by atoms with E-state index in [1.807, 2.05) is 30.3 Å². The van der Waals surface area contributed by atoms with Gasteiger partial charge in [-0.15, -0.1) is 0 Å².